The Kier molecular flexibility index (Phi) is 4.83. The molecule has 0 bridgehead atoms. The molecule has 2 atom stereocenters. The zero-order chi connectivity index (χ0) is 13.0. The molecule has 2 unspecified atom stereocenters. The van der Waals surface area contributed by atoms with Crippen molar-refractivity contribution >= 4 is 11.6 Å². The molecule has 0 radical (unpaired) electrons. The minimum absolute atomic E-state index is 0.0672. The first-order valence-corrected chi connectivity index (χ1v) is 6.36. The van der Waals surface area contributed by atoms with Gasteiger partial charge in [0.25, 0.3) is 0 Å². The maximum Gasteiger partial charge on any atom is 0.122 e. The zero-order valence-electron chi connectivity index (χ0n) is 10.4. The average Bonchev–Trinajstić information content (AvgIpc) is 2.40. The molecule has 0 saturated carbocycles. The Morgan fingerprint density at radius 1 is 1.50 bits per heavy atom. The number of nitrogens with two attached hydrogens (primary N) is 1. The smallest absolute Gasteiger partial charge is 0.122 e. The number of halogens is 1. The molecule has 1 aromatic rings. The molecule has 0 amide bonds. The monoisotopic (exact) mass is 271 g/mol. The highest BCUT2D eigenvalue weighted by molar-refractivity contribution is 6.30. The van der Waals surface area contributed by atoms with E-state index in [1.807, 2.05) is 12.1 Å². The predicted octanol–water partition coefficient (Wildman–Crippen LogP) is 1.63. The van der Waals surface area contributed by atoms with Crippen LogP contribution in [0.5, 0.6) is 5.75 Å². The van der Waals surface area contributed by atoms with Crippen molar-refractivity contribution in [2.75, 3.05) is 26.9 Å². The van der Waals surface area contributed by atoms with Crippen molar-refractivity contribution in [3.05, 3.63) is 28.8 Å². The molecule has 1 heterocycles. The van der Waals surface area contributed by atoms with Gasteiger partial charge in [-0.05, 0) is 30.2 Å². The van der Waals surface area contributed by atoms with Gasteiger partial charge < -0.3 is 19.9 Å². The van der Waals surface area contributed by atoms with Gasteiger partial charge in [0.2, 0.25) is 0 Å². The predicted molar refractivity (Wildman–Crippen MR) is 70.2 cm³/mol. The number of hydrogen-bond donors (Lipinski definition) is 1. The molecule has 1 saturated heterocycles. The van der Waals surface area contributed by atoms with Crippen LogP contribution in [0.25, 0.3) is 0 Å². The Morgan fingerprint density at radius 3 is 3.00 bits per heavy atom. The summed E-state index contributed by atoms with van der Waals surface area (Å²) >= 11 is 5.99. The van der Waals surface area contributed by atoms with Crippen LogP contribution in [0.2, 0.25) is 5.02 Å². The van der Waals surface area contributed by atoms with E-state index < -0.39 is 0 Å². The van der Waals surface area contributed by atoms with E-state index in [4.69, 9.17) is 31.5 Å². The van der Waals surface area contributed by atoms with Crippen LogP contribution in [0, 0.1) is 0 Å². The van der Waals surface area contributed by atoms with Crippen molar-refractivity contribution in [3.8, 4) is 5.75 Å². The van der Waals surface area contributed by atoms with Crippen LogP contribution in [-0.4, -0.2) is 39.1 Å². The molecule has 1 aliphatic heterocycles. The molecule has 1 fully saturated rings. The van der Waals surface area contributed by atoms with E-state index in [0.717, 1.165) is 11.3 Å². The highest BCUT2D eigenvalue weighted by atomic mass is 35.5. The fourth-order valence-electron chi connectivity index (χ4n) is 2.05. The molecule has 1 aliphatic rings. The Bertz CT molecular complexity index is 394. The van der Waals surface area contributed by atoms with Crippen molar-refractivity contribution in [2.24, 2.45) is 5.73 Å². The van der Waals surface area contributed by atoms with Gasteiger partial charge >= 0.3 is 0 Å². The van der Waals surface area contributed by atoms with Gasteiger partial charge in [-0.3, -0.25) is 0 Å². The lowest BCUT2D eigenvalue weighted by Crippen LogP contribution is -2.44. The Hall–Kier alpha value is -0.810. The minimum Gasteiger partial charge on any atom is -0.496 e. The summed E-state index contributed by atoms with van der Waals surface area (Å²) in [6.45, 7) is 1.79. The highest BCUT2D eigenvalue weighted by Gasteiger charge is 2.23. The second-order valence-corrected chi connectivity index (χ2v) is 4.74. The quantitative estimate of drug-likeness (QED) is 0.904. The lowest BCUT2D eigenvalue weighted by atomic mass is 10.0. The van der Waals surface area contributed by atoms with E-state index in [2.05, 4.69) is 0 Å². The summed E-state index contributed by atoms with van der Waals surface area (Å²) in [5, 5.41) is 0.679. The maximum atomic E-state index is 6.15. The first-order valence-electron chi connectivity index (χ1n) is 5.98. The van der Waals surface area contributed by atoms with Gasteiger partial charge in [0.05, 0.1) is 33.0 Å². The van der Waals surface area contributed by atoms with Crippen molar-refractivity contribution < 1.29 is 14.2 Å². The third kappa shape index (κ3) is 3.36. The zero-order valence-corrected chi connectivity index (χ0v) is 11.2. The highest BCUT2D eigenvalue weighted by Crippen LogP contribution is 2.24. The van der Waals surface area contributed by atoms with Crippen molar-refractivity contribution in [2.45, 2.75) is 18.6 Å². The number of methoxy groups -OCH3 is 1. The lowest BCUT2D eigenvalue weighted by Gasteiger charge is -2.28. The van der Waals surface area contributed by atoms with Gasteiger partial charge in [-0.15, -0.1) is 0 Å². The van der Waals surface area contributed by atoms with Gasteiger partial charge in [0.1, 0.15) is 5.75 Å². The van der Waals surface area contributed by atoms with E-state index >= 15 is 0 Å². The van der Waals surface area contributed by atoms with Crippen molar-refractivity contribution in [1.82, 2.24) is 0 Å². The second kappa shape index (κ2) is 6.38. The lowest BCUT2D eigenvalue weighted by molar-refractivity contribution is -0.0967. The maximum absolute atomic E-state index is 6.15. The molecule has 18 heavy (non-hydrogen) atoms. The van der Waals surface area contributed by atoms with Crippen LogP contribution in [-0.2, 0) is 15.9 Å². The van der Waals surface area contributed by atoms with Crippen molar-refractivity contribution in [3.63, 3.8) is 0 Å². The van der Waals surface area contributed by atoms with E-state index in [9.17, 15) is 0 Å². The van der Waals surface area contributed by atoms with E-state index in [1.54, 1.807) is 13.2 Å². The molecule has 5 heteroatoms. The Morgan fingerprint density at radius 2 is 2.33 bits per heavy atom. The molecule has 0 aliphatic carbocycles. The SMILES string of the molecule is COc1ccc(Cl)cc1CC(N)C1COCCO1. The number of hydrogen-bond acceptors (Lipinski definition) is 4. The molecular weight excluding hydrogens is 254 g/mol. The molecule has 2 N–H and O–H groups in total. The first-order chi connectivity index (χ1) is 8.70. The second-order valence-electron chi connectivity index (χ2n) is 4.31. The summed E-state index contributed by atoms with van der Waals surface area (Å²) in [5.41, 5.74) is 7.14. The van der Waals surface area contributed by atoms with Crippen LogP contribution < -0.4 is 10.5 Å². The largest absolute Gasteiger partial charge is 0.496 e. The van der Waals surface area contributed by atoms with E-state index in [0.29, 0.717) is 31.3 Å². The van der Waals surface area contributed by atoms with E-state index in [-0.39, 0.29) is 12.1 Å². The van der Waals surface area contributed by atoms with Gasteiger partial charge in [-0.25, -0.2) is 0 Å². The molecule has 0 aromatic heterocycles. The third-order valence-electron chi connectivity index (χ3n) is 3.02. The standard InChI is InChI=1S/C13H18ClNO3/c1-16-12-3-2-10(14)6-9(12)7-11(15)13-8-17-4-5-18-13/h2-3,6,11,13H,4-5,7-8,15H2,1H3. The van der Waals surface area contributed by atoms with E-state index in [1.165, 1.54) is 0 Å². The number of rotatable bonds is 4. The van der Waals surface area contributed by atoms with Crippen LogP contribution in [0.15, 0.2) is 18.2 Å². The first kappa shape index (κ1) is 13.6. The number of ether oxygens (including phenoxy) is 3. The average molecular weight is 272 g/mol. The number of benzene rings is 1. The van der Waals surface area contributed by atoms with Crippen LogP contribution in [0.3, 0.4) is 0 Å². The summed E-state index contributed by atoms with van der Waals surface area (Å²) < 4.78 is 16.3. The van der Waals surface area contributed by atoms with Crippen LogP contribution in [0.4, 0.5) is 0 Å². The summed E-state index contributed by atoms with van der Waals surface area (Å²) in [4.78, 5) is 0. The third-order valence-corrected chi connectivity index (χ3v) is 3.25. The Balaban J connectivity index is 2.05. The van der Waals surface area contributed by atoms with Crippen molar-refractivity contribution in [1.29, 1.82) is 0 Å². The summed E-state index contributed by atoms with van der Waals surface area (Å²) in [6, 6.07) is 5.40. The van der Waals surface area contributed by atoms with Gasteiger partial charge in [0, 0.05) is 11.1 Å². The summed E-state index contributed by atoms with van der Waals surface area (Å²) in [6.07, 6.45) is 0.583. The van der Waals surface area contributed by atoms with Crippen LogP contribution in [0.1, 0.15) is 5.56 Å². The topological polar surface area (TPSA) is 53.7 Å². The van der Waals surface area contributed by atoms with Gasteiger partial charge in [-0.1, -0.05) is 11.6 Å². The molecule has 100 valence electrons. The fourth-order valence-corrected chi connectivity index (χ4v) is 2.24. The molecule has 4 nitrogen and oxygen atoms in total. The van der Waals surface area contributed by atoms with Gasteiger partial charge in [0.15, 0.2) is 0 Å². The summed E-state index contributed by atoms with van der Waals surface area (Å²) in [5.74, 6) is 0.798. The normalized spacial score (nSPS) is 21.6. The molecule has 0 spiro atoms. The fraction of sp³-hybridized carbons (Fsp3) is 0.538. The minimum atomic E-state index is -0.127. The van der Waals surface area contributed by atoms with Gasteiger partial charge in [-0.2, -0.15) is 0 Å². The Labute approximate surface area is 112 Å². The molecule has 1 aromatic carbocycles. The molecular formula is C13H18ClNO3. The molecule has 2 rings (SSSR count). The summed E-state index contributed by atoms with van der Waals surface area (Å²) in [7, 11) is 1.64. The van der Waals surface area contributed by atoms with Crippen LogP contribution >= 0.6 is 11.6 Å².